The fraction of sp³-hybridized carbons (Fsp3) is 0.261. The number of aliphatic carboxylic acids is 2. The number of carboxylic acids is 2. The zero-order chi connectivity index (χ0) is 24.7. The number of hydrogen-bond donors (Lipinski definition) is 5. The van der Waals surface area contributed by atoms with Crippen molar-refractivity contribution in [2.45, 2.75) is 30.7 Å². The van der Waals surface area contributed by atoms with Crippen molar-refractivity contribution in [2.24, 2.45) is 0 Å². The molecule has 180 valence electrons. The van der Waals surface area contributed by atoms with E-state index in [1.165, 1.54) is 6.07 Å². The number of para-hydroxylation sites is 1. The van der Waals surface area contributed by atoms with E-state index in [0.717, 1.165) is 5.56 Å². The second-order valence-electron chi connectivity index (χ2n) is 7.40. The van der Waals surface area contributed by atoms with Crippen LogP contribution in [0.5, 0.6) is 5.75 Å². The first kappa shape index (κ1) is 24.9. The molecule has 2 aromatic rings. The normalized spacial score (nSPS) is 18.2. The molecule has 1 heterocycles. The molecule has 0 fully saturated rings. The summed E-state index contributed by atoms with van der Waals surface area (Å²) in [6, 6.07) is 13.7. The molecular formula is C23H24N2O8S. The van der Waals surface area contributed by atoms with Gasteiger partial charge in [0.1, 0.15) is 23.6 Å². The van der Waals surface area contributed by atoms with Crippen molar-refractivity contribution >= 4 is 38.6 Å². The summed E-state index contributed by atoms with van der Waals surface area (Å²) in [5.41, 5.74) is 1.04. The molecule has 0 saturated heterocycles. The van der Waals surface area contributed by atoms with Crippen LogP contribution < -0.4 is 10.6 Å². The first-order valence-corrected chi connectivity index (χ1v) is 11.6. The van der Waals surface area contributed by atoms with Crippen LogP contribution in [-0.4, -0.2) is 61.3 Å². The summed E-state index contributed by atoms with van der Waals surface area (Å²) in [7, 11) is -1.44. The third-order valence-corrected chi connectivity index (χ3v) is 7.50. The number of aromatic hydroxyl groups is 1. The van der Waals surface area contributed by atoms with E-state index in [1.807, 2.05) is 0 Å². The summed E-state index contributed by atoms with van der Waals surface area (Å²) < 4.78 is 5.04. The fourth-order valence-corrected chi connectivity index (χ4v) is 5.63. The molecule has 0 aliphatic carbocycles. The molecule has 1 aliphatic heterocycles. The van der Waals surface area contributed by atoms with E-state index < -0.39 is 44.9 Å². The molecule has 3 atom stereocenters. The molecule has 0 aromatic heterocycles. The first-order chi connectivity index (χ1) is 16.3. The summed E-state index contributed by atoms with van der Waals surface area (Å²) in [5.74, 6) is -2.63. The predicted molar refractivity (Wildman–Crippen MR) is 125 cm³/mol. The number of nitrogens with one attached hydrogen (secondary N) is 2. The van der Waals surface area contributed by atoms with Crippen molar-refractivity contribution in [2.75, 3.05) is 6.54 Å². The molecule has 3 rings (SSSR count). The molecule has 10 nitrogen and oxygen atoms in total. The van der Waals surface area contributed by atoms with Crippen molar-refractivity contribution in [1.82, 2.24) is 10.6 Å². The maximum absolute atomic E-state index is 13.0. The highest BCUT2D eigenvalue weighted by Gasteiger charge is 2.36. The van der Waals surface area contributed by atoms with Crippen LogP contribution >= 0.6 is 10.5 Å². The Hall–Kier alpha value is -3.70. The standard InChI is InChI=1S/C23H24N2O8S/c26-17-9-5-4-8-15(17)20-24-12-18(22(30)31)34(20)19(27)11-10-16(21(28)29)25-23(32)33-13-14-6-2-1-3-7-14/h1-9,16,18,24,26H,10-13H2,(H,25,32)(H,28,29)(H,30,31)/t16-,18?,34?/m0/s1. The Labute approximate surface area is 197 Å². The summed E-state index contributed by atoms with van der Waals surface area (Å²) in [6.45, 7) is -0.0491. The molecule has 0 radical (unpaired) electrons. The lowest BCUT2D eigenvalue weighted by molar-refractivity contribution is -0.139. The smallest absolute Gasteiger partial charge is 0.408 e. The van der Waals surface area contributed by atoms with Crippen LogP contribution in [0.3, 0.4) is 0 Å². The highest BCUT2D eigenvalue weighted by atomic mass is 32.2. The van der Waals surface area contributed by atoms with Gasteiger partial charge in [0.05, 0.1) is 4.99 Å². The summed E-state index contributed by atoms with van der Waals surface area (Å²) in [6.07, 6.45) is -1.49. The quantitative estimate of drug-likeness (QED) is 0.332. The predicted octanol–water partition coefficient (Wildman–Crippen LogP) is 1.88. The van der Waals surface area contributed by atoms with Gasteiger partial charge in [-0.25, -0.2) is 9.59 Å². The highest BCUT2D eigenvalue weighted by molar-refractivity contribution is 8.29. The van der Waals surface area contributed by atoms with Gasteiger partial charge < -0.3 is 25.4 Å². The Morgan fingerprint density at radius 2 is 1.74 bits per heavy atom. The zero-order valence-corrected chi connectivity index (χ0v) is 18.8. The second-order valence-corrected chi connectivity index (χ2v) is 9.51. The fourth-order valence-electron chi connectivity index (χ4n) is 3.37. The molecule has 1 aliphatic rings. The Kier molecular flexibility index (Phi) is 8.39. The van der Waals surface area contributed by atoms with Gasteiger partial charge in [0, 0.05) is 18.5 Å². The molecule has 5 N–H and O–H groups in total. The summed E-state index contributed by atoms with van der Waals surface area (Å²) in [4.78, 5) is 48.8. The number of phenols is 1. The Morgan fingerprint density at radius 3 is 2.38 bits per heavy atom. The van der Waals surface area contributed by atoms with Crippen LogP contribution in [0.4, 0.5) is 4.79 Å². The molecule has 0 spiro atoms. The van der Waals surface area contributed by atoms with Gasteiger partial charge in [-0.05, 0) is 24.1 Å². The molecule has 34 heavy (non-hydrogen) atoms. The van der Waals surface area contributed by atoms with Crippen LogP contribution in [0.2, 0.25) is 0 Å². The van der Waals surface area contributed by atoms with Crippen molar-refractivity contribution in [1.29, 1.82) is 0 Å². The number of phenolic OH excluding ortho intramolecular Hbond substituents is 1. The van der Waals surface area contributed by atoms with Gasteiger partial charge in [-0.1, -0.05) is 52.9 Å². The van der Waals surface area contributed by atoms with Gasteiger partial charge in [-0.2, -0.15) is 0 Å². The molecule has 2 aromatic carbocycles. The van der Waals surface area contributed by atoms with Gasteiger partial charge in [0.25, 0.3) is 0 Å². The van der Waals surface area contributed by atoms with Gasteiger partial charge in [-0.15, -0.1) is 0 Å². The third kappa shape index (κ3) is 6.21. The molecule has 1 amide bonds. The Balaban J connectivity index is 1.69. The Morgan fingerprint density at radius 1 is 1.06 bits per heavy atom. The number of carbonyl (C=O) groups excluding carboxylic acids is 2. The number of hydrogen-bond acceptors (Lipinski definition) is 7. The minimum Gasteiger partial charge on any atom is -0.507 e. The van der Waals surface area contributed by atoms with E-state index >= 15 is 0 Å². The largest absolute Gasteiger partial charge is 0.507 e. The molecule has 0 saturated carbocycles. The number of benzene rings is 2. The summed E-state index contributed by atoms with van der Waals surface area (Å²) in [5, 5.41) is 32.8. The van der Waals surface area contributed by atoms with Crippen molar-refractivity contribution in [3.63, 3.8) is 0 Å². The number of ether oxygens (including phenoxy) is 1. The summed E-state index contributed by atoms with van der Waals surface area (Å²) >= 11 is 0. The number of alkyl carbamates (subject to hydrolysis) is 1. The van der Waals surface area contributed by atoms with E-state index in [-0.39, 0.29) is 31.7 Å². The highest BCUT2D eigenvalue weighted by Crippen LogP contribution is 2.34. The van der Waals surface area contributed by atoms with Crippen molar-refractivity contribution in [3.8, 4) is 5.75 Å². The van der Waals surface area contributed by atoms with E-state index in [2.05, 4.69) is 10.6 Å². The van der Waals surface area contributed by atoms with Crippen LogP contribution in [0.1, 0.15) is 24.0 Å². The van der Waals surface area contributed by atoms with Gasteiger partial charge in [-0.3, -0.25) is 14.9 Å². The second kappa shape index (κ2) is 11.4. The van der Waals surface area contributed by atoms with E-state index in [9.17, 15) is 34.5 Å². The molecular weight excluding hydrogens is 464 g/mol. The maximum Gasteiger partial charge on any atom is 0.408 e. The van der Waals surface area contributed by atoms with Gasteiger partial charge in [0.15, 0.2) is 5.12 Å². The maximum atomic E-state index is 13.0. The van der Waals surface area contributed by atoms with E-state index in [0.29, 0.717) is 10.6 Å². The van der Waals surface area contributed by atoms with Crippen LogP contribution in [0, 0.1) is 0 Å². The lowest BCUT2D eigenvalue weighted by Gasteiger charge is -2.16. The van der Waals surface area contributed by atoms with Crippen LogP contribution in [0.25, 0.3) is 0 Å². The minimum atomic E-state index is -1.44. The first-order valence-electron chi connectivity index (χ1n) is 10.4. The third-order valence-electron chi connectivity index (χ3n) is 5.06. The van der Waals surface area contributed by atoms with Crippen LogP contribution in [-0.2, 0) is 25.7 Å². The van der Waals surface area contributed by atoms with Crippen LogP contribution in [0.15, 0.2) is 54.6 Å². The zero-order valence-electron chi connectivity index (χ0n) is 18.0. The lowest BCUT2D eigenvalue weighted by atomic mass is 10.2. The molecule has 0 bridgehead atoms. The topological polar surface area (TPSA) is 162 Å². The van der Waals surface area contributed by atoms with Gasteiger partial charge >= 0.3 is 18.0 Å². The van der Waals surface area contributed by atoms with E-state index in [1.54, 1.807) is 48.5 Å². The molecule has 2 unspecified atom stereocenters. The SMILES string of the molecule is O=C(N[C@@H](CCC(=O)S1=C(c2ccccc2O)NCC1C(=O)O)C(=O)O)OCc1ccccc1. The van der Waals surface area contributed by atoms with Crippen molar-refractivity contribution < 1.29 is 39.2 Å². The number of carbonyl (C=O) groups is 4. The minimum absolute atomic E-state index is 0.000271. The number of rotatable bonds is 9. The number of carboxylic acid groups (broad SMARTS) is 2. The van der Waals surface area contributed by atoms with Crippen molar-refractivity contribution in [3.05, 3.63) is 65.7 Å². The average Bonchev–Trinajstić information content (AvgIpc) is 3.26. The number of amides is 1. The monoisotopic (exact) mass is 488 g/mol. The molecule has 11 heteroatoms. The average molecular weight is 489 g/mol. The van der Waals surface area contributed by atoms with E-state index in [4.69, 9.17) is 4.74 Å². The lowest BCUT2D eigenvalue weighted by Crippen LogP contribution is -2.41. The van der Waals surface area contributed by atoms with Gasteiger partial charge in [0.2, 0.25) is 0 Å². The Bertz CT molecular complexity index is 1120.